The Morgan fingerprint density at radius 2 is 1.92 bits per heavy atom. The van der Waals surface area contributed by atoms with Crippen LogP contribution < -0.4 is 21.5 Å². The zero-order valence-electron chi connectivity index (χ0n) is 21.3. The molecular formula is C28H30N4O3S2. The molecule has 3 aromatic heterocycles. The first-order valence-corrected chi connectivity index (χ1v) is 13.8. The van der Waals surface area contributed by atoms with Crippen molar-refractivity contribution in [2.24, 2.45) is 17.1 Å². The number of rotatable bonds is 5. The number of benzene rings is 1. The number of aryl methyl sites for hydroxylation is 1. The molecule has 9 heteroatoms. The summed E-state index contributed by atoms with van der Waals surface area (Å²) in [4.78, 5) is 31.8. The maximum Gasteiger partial charge on any atom is 0.268 e. The normalized spacial score (nSPS) is 15.4. The fourth-order valence-corrected chi connectivity index (χ4v) is 6.90. The molecule has 0 fully saturated rings. The number of anilines is 2. The van der Waals surface area contributed by atoms with Gasteiger partial charge in [0.15, 0.2) is 0 Å². The number of primary amides is 1. The van der Waals surface area contributed by atoms with Gasteiger partial charge in [-0.1, -0.05) is 32.9 Å². The van der Waals surface area contributed by atoms with E-state index < -0.39 is 5.91 Å². The van der Waals surface area contributed by atoms with Crippen LogP contribution in [0.1, 0.15) is 58.5 Å². The van der Waals surface area contributed by atoms with Gasteiger partial charge in [-0.25, -0.2) is 4.98 Å². The average molecular weight is 535 g/mol. The molecule has 0 spiro atoms. The molecule has 5 N–H and O–H groups in total. The van der Waals surface area contributed by atoms with Crippen molar-refractivity contribution in [3.63, 3.8) is 0 Å². The van der Waals surface area contributed by atoms with E-state index in [-0.39, 0.29) is 16.9 Å². The Hall–Kier alpha value is -3.43. The molecule has 4 aromatic rings. The van der Waals surface area contributed by atoms with Crippen molar-refractivity contribution < 1.29 is 14.3 Å². The van der Waals surface area contributed by atoms with E-state index in [0.29, 0.717) is 32.8 Å². The smallest absolute Gasteiger partial charge is 0.268 e. The van der Waals surface area contributed by atoms with E-state index in [1.165, 1.54) is 28.2 Å². The van der Waals surface area contributed by atoms with Crippen molar-refractivity contribution >= 4 is 55.4 Å². The van der Waals surface area contributed by atoms with Crippen LogP contribution in [0.2, 0.25) is 0 Å². The molecule has 2 amide bonds. The summed E-state index contributed by atoms with van der Waals surface area (Å²) in [6, 6.07) is 9.43. The number of carbonyl (C=O) groups is 2. The van der Waals surface area contributed by atoms with Gasteiger partial charge in [0.25, 0.3) is 11.8 Å². The van der Waals surface area contributed by atoms with Gasteiger partial charge in [-0.3, -0.25) is 9.59 Å². The van der Waals surface area contributed by atoms with E-state index >= 15 is 0 Å². The number of ether oxygens (including phenoxy) is 1. The molecule has 1 unspecified atom stereocenters. The zero-order chi connectivity index (χ0) is 26.5. The van der Waals surface area contributed by atoms with E-state index in [0.717, 1.165) is 40.7 Å². The second kappa shape index (κ2) is 9.46. The standard InChI is InChI=1S/C28H30N4O3S2/c1-28(2,3)16-7-10-20-15(11-16)12-18-22(29)23(37-26(18)31-20)25(34)32-27-21(24(30)33)19(13-36-27)14-5-8-17(35-4)9-6-14/h5-6,8-9,12-13,16H,7,10-11,29H2,1-4H3,(H2,30,33)(H,32,34). The third-order valence-corrected chi connectivity index (χ3v) is 9.19. The fourth-order valence-electron chi connectivity index (χ4n) is 4.94. The molecule has 1 atom stereocenters. The average Bonchev–Trinajstić information content (AvgIpc) is 3.42. The number of carbonyl (C=O) groups excluding carboxylic acids is 2. The molecule has 3 heterocycles. The van der Waals surface area contributed by atoms with Crippen molar-refractivity contribution in [1.82, 2.24) is 4.98 Å². The van der Waals surface area contributed by atoms with Crippen LogP contribution in [0.25, 0.3) is 21.3 Å². The summed E-state index contributed by atoms with van der Waals surface area (Å²) in [6.45, 7) is 6.84. The summed E-state index contributed by atoms with van der Waals surface area (Å²) in [5, 5.41) is 5.89. The second-order valence-corrected chi connectivity index (χ2v) is 12.4. The predicted molar refractivity (Wildman–Crippen MR) is 152 cm³/mol. The van der Waals surface area contributed by atoms with Gasteiger partial charge in [0.2, 0.25) is 0 Å². The number of hydrogen-bond donors (Lipinski definition) is 3. The lowest BCUT2D eigenvalue weighted by atomic mass is 9.71. The van der Waals surface area contributed by atoms with Gasteiger partial charge in [-0.05, 0) is 59.9 Å². The van der Waals surface area contributed by atoms with Crippen molar-refractivity contribution in [2.45, 2.75) is 40.0 Å². The van der Waals surface area contributed by atoms with E-state index in [1.807, 2.05) is 29.6 Å². The van der Waals surface area contributed by atoms with Crippen LogP contribution in [-0.4, -0.2) is 23.9 Å². The van der Waals surface area contributed by atoms with Crippen LogP contribution in [0.4, 0.5) is 10.7 Å². The van der Waals surface area contributed by atoms with E-state index in [9.17, 15) is 9.59 Å². The quantitative estimate of drug-likeness (QED) is 0.285. The minimum absolute atomic E-state index is 0.224. The molecule has 0 saturated carbocycles. The number of nitrogens with two attached hydrogens (primary N) is 2. The molecule has 1 aliphatic rings. The monoisotopic (exact) mass is 534 g/mol. The predicted octanol–water partition coefficient (Wildman–Crippen LogP) is 6.12. The number of aromatic nitrogens is 1. The maximum atomic E-state index is 13.3. The molecule has 0 bridgehead atoms. The number of amides is 2. The third kappa shape index (κ3) is 4.69. The van der Waals surface area contributed by atoms with Crippen LogP contribution in [0.5, 0.6) is 5.75 Å². The maximum absolute atomic E-state index is 13.3. The number of nitrogens with one attached hydrogen (secondary N) is 1. The van der Waals surface area contributed by atoms with Crippen molar-refractivity contribution in [3.8, 4) is 16.9 Å². The molecule has 37 heavy (non-hydrogen) atoms. The molecule has 0 aliphatic heterocycles. The Labute approximate surface area is 223 Å². The van der Waals surface area contributed by atoms with E-state index in [4.69, 9.17) is 21.2 Å². The van der Waals surface area contributed by atoms with Crippen LogP contribution in [0.3, 0.4) is 0 Å². The lowest BCUT2D eigenvalue weighted by Gasteiger charge is -2.34. The van der Waals surface area contributed by atoms with Gasteiger partial charge in [0.1, 0.15) is 20.5 Å². The van der Waals surface area contributed by atoms with Crippen LogP contribution in [0, 0.1) is 11.3 Å². The number of fused-ring (bicyclic) bond motifs is 2. The summed E-state index contributed by atoms with van der Waals surface area (Å²) in [5.41, 5.74) is 16.9. The van der Waals surface area contributed by atoms with Crippen molar-refractivity contribution in [3.05, 3.63) is 57.4 Å². The summed E-state index contributed by atoms with van der Waals surface area (Å²) < 4.78 is 5.22. The first-order valence-electron chi connectivity index (χ1n) is 12.1. The van der Waals surface area contributed by atoms with Crippen molar-refractivity contribution in [2.75, 3.05) is 18.2 Å². The van der Waals surface area contributed by atoms with Crippen LogP contribution in [0.15, 0.2) is 35.7 Å². The molecular weight excluding hydrogens is 504 g/mol. The fraction of sp³-hybridized carbons (Fsp3) is 0.321. The van der Waals surface area contributed by atoms with Crippen LogP contribution in [-0.2, 0) is 12.8 Å². The minimum atomic E-state index is -0.616. The van der Waals surface area contributed by atoms with Crippen LogP contribution >= 0.6 is 22.7 Å². The number of methoxy groups -OCH3 is 1. The molecule has 1 aromatic carbocycles. The highest BCUT2D eigenvalue weighted by Gasteiger charge is 2.30. The molecule has 0 saturated heterocycles. The highest BCUT2D eigenvalue weighted by Crippen LogP contribution is 2.41. The highest BCUT2D eigenvalue weighted by molar-refractivity contribution is 7.21. The highest BCUT2D eigenvalue weighted by atomic mass is 32.1. The van der Waals surface area contributed by atoms with Gasteiger partial charge in [0, 0.05) is 22.0 Å². The topological polar surface area (TPSA) is 120 Å². The zero-order valence-corrected chi connectivity index (χ0v) is 22.9. The number of nitrogens with zero attached hydrogens (tertiary/aromatic N) is 1. The van der Waals surface area contributed by atoms with Gasteiger partial charge in [-0.2, -0.15) is 0 Å². The van der Waals surface area contributed by atoms with E-state index in [2.05, 4.69) is 32.2 Å². The molecule has 1 aliphatic carbocycles. The lowest BCUT2D eigenvalue weighted by molar-refractivity contribution is 0.100. The second-order valence-electron chi connectivity index (χ2n) is 10.5. The Balaban J connectivity index is 1.45. The Morgan fingerprint density at radius 1 is 1.19 bits per heavy atom. The first-order chi connectivity index (χ1) is 17.6. The van der Waals surface area contributed by atoms with Gasteiger partial charge < -0.3 is 21.5 Å². The SMILES string of the molecule is COc1ccc(-c2csc(NC(=O)c3sc4nc5c(cc4c3N)CC(C(C)(C)C)CC5)c2C(N)=O)cc1. The van der Waals surface area contributed by atoms with Crippen molar-refractivity contribution in [1.29, 1.82) is 0 Å². The number of thiophene rings is 2. The summed E-state index contributed by atoms with van der Waals surface area (Å²) in [6.07, 6.45) is 3.00. The Morgan fingerprint density at radius 3 is 2.57 bits per heavy atom. The van der Waals surface area contributed by atoms with Gasteiger partial charge >= 0.3 is 0 Å². The van der Waals surface area contributed by atoms with Gasteiger partial charge in [0.05, 0.1) is 18.4 Å². The lowest BCUT2D eigenvalue weighted by Crippen LogP contribution is -2.27. The first kappa shape index (κ1) is 25.2. The third-order valence-electron chi connectivity index (χ3n) is 7.18. The summed E-state index contributed by atoms with van der Waals surface area (Å²) >= 11 is 2.53. The molecule has 0 radical (unpaired) electrons. The molecule has 7 nitrogen and oxygen atoms in total. The van der Waals surface area contributed by atoms with Gasteiger partial charge in [-0.15, -0.1) is 22.7 Å². The largest absolute Gasteiger partial charge is 0.497 e. The molecule has 5 rings (SSSR count). The number of nitrogen functional groups attached to an aromatic ring is 1. The number of pyridine rings is 1. The Bertz CT molecular complexity index is 1510. The van der Waals surface area contributed by atoms with E-state index in [1.54, 1.807) is 7.11 Å². The minimum Gasteiger partial charge on any atom is -0.497 e. The summed E-state index contributed by atoms with van der Waals surface area (Å²) in [7, 11) is 1.59. The number of hydrogen-bond acceptors (Lipinski definition) is 7. The molecule has 192 valence electrons. The Kier molecular flexibility index (Phi) is 6.45. The summed E-state index contributed by atoms with van der Waals surface area (Å²) in [5.74, 6) is 0.288.